The van der Waals surface area contributed by atoms with Crippen molar-refractivity contribution in [1.29, 1.82) is 0 Å². The summed E-state index contributed by atoms with van der Waals surface area (Å²) >= 11 is 2.08. The third-order valence-corrected chi connectivity index (χ3v) is 3.01. The first-order valence-electron chi connectivity index (χ1n) is 4.73. The zero-order valence-corrected chi connectivity index (χ0v) is 11.2. The third-order valence-electron chi connectivity index (χ3n) is 2.03. The molecule has 1 aromatic carbocycles. The lowest BCUT2D eigenvalue weighted by Gasteiger charge is -2.15. The minimum Gasteiger partial charge on any atom is -0.454 e. The lowest BCUT2D eigenvalue weighted by atomic mass is 10.1. The Balaban J connectivity index is 2.88. The summed E-state index contributed by atoms with van der Waals surface area (Å²) in [7, 11) is 0. The van der Waals surface area contributed by atoms with E-state index in [9.17, 15) is 9.18 Å². The molecule has 2 nitrogen and oxygen atoms in total. The highest BCUT2D eigenvalue weighted by Crippen LogP contribution is 2.24. The van der Waals surface area contributed by atoms with Gasteiger partial charge in [-0.25, -0.2) is 9.18 Å². The molecule has 1 atom stereocenters. The van der Waals surface area contributed by atoms with E-state index >= 15 is 0 Å². The van der Waals surface area contributed by atoms with E-state index < -0.39 is 12.1 Å². The Morgan fingerprint density at radius 3 is 2.75 bits per heavy atom. The molecule has 1 unspecified atom stereocenters. The molecular formula is C12H12FIO2. The van der Waals surface area contributed by atoms with Gasteiger partial charge < -0.3 is 4.74 Å². The Kier molecular flexibility index (Phi) is 4.46. The third kappa shape index (κ3) is 3.30. The molecule has 0 bridgehead atoms. The largest absolute Gasteiger partial charge is 0.454 e. The average Bonchev–Trinajstić information content (AvgIpc) is 2.21. The normalized spacial score (nSPS) is 12.0. The topological polar surface area (TPSA) is 26.3 Å². The summed E-state index contributed by atoms with van der Waals surface area (Å²) in [4.78, 5) is 11.3. The van der Waals surface area contributed by atoms with Gasteiger partial charge in [0.25, 0.3) is 0 Å². The molecule has 16 heavy (non-hydrogen) atoms. The molecular weight excluding hydrogens is 322 g/mol. The van der Waals surface area contributed by atoms with Crippen molar-refractivity contribution in [3.8, 4) is 0 Å². The quantitative estimate of drug-likeness (QED) is 0.480. The maximum absolute atomic E-state index is 13.0. The number of hydrogen-bond acceptors (Lipinski definition) is 2. The van der Waals surface area contributed by atoms with Crippen molar-refractivity contribution < 1.29 is 13.9 Å². The van der Waals surface area contributed by atoms with Crippen molar-refractivity contribution >= 4 is 28.6 Å². The van der Waals surface area contributed by atoms with Crippen LogP contribution in [0.5, 0.6) is 0 Å². The Hall–Kier alpha value is -0.910. The molecule has 0 amide bonds. The zero-order chi connectivity index (χ0) is 12.3. The molecule has 0 saturated carbocycles. The van der Waals surface area contributed by atoms with E-state index in [0.29, 0.717) is 11.1 Å². The number of hydrogen-bond donors (Lipinski definition) is 0. The van der Waals surface area contributed by atoms with E-state index in [1.165, 1.54) is 12.1 Å². The lowest BCUT2D eigenvalue weighted by molar-refractivity contribution is -0.143. The van der Waals surface area contributed by atoms with Crippen molar-refractivity contribution in [2.24, 2.45) is 0 Å². The van der Waals surface area contributed by atoms with Gasteiger partial charge in [-0.15, -0.1) is 0 Å². The summed E-state index contributed by atoms with van der Waals surface area (Å²) in [6, 6.07) is 4.40. The van der Waals surface area contributed by atoms with Crippen molar-refractivity contribution in [1.82, 2.24) is 0 Å². The second-order valence-corrected chi connectivity index (χ2v) is 4.66. The molecule has 0 aliphatic carbocycles. The first kappa shape index (κ1) is 13.2. The van der Waals surface area contributed by atoms with Crippen LogP contribution in [0.4, 0.5) is 4.39 Å². The Labute approximate surface area is 108 Å². The second-order valence-electron chi connectivity index (χ2n) is 3.49. The van der Waals surface area contributed by atoms with Crippen LogP contribution in [0.1, 0.15) is 25.5 Å². The number of carbonyl (C=O) groups is 1. The van der Waals surface area contributed by atoms with Gasteiger partial charge in [0.2, 0.25) is 0 Å². The van der Waals surface area contributed by atoms with Crippen molar-refractivity contribution in [2.75, 3.05) is 0 Å². The molecule has 0 fully saturated rings. The van der Waals surface area contributed by atoms with E-state index in [-0.39, 0.29) is 5.82 Å². The van der Waals surface area contributed by atoms with E-state index in [1.807, 2.05) is 0 Å². The fourth-order valence-corrected chi connectivity index (χ4v) is 1.92. The highest BCUT2D eigenvalue weighted by molar-refractivity contribution is 14.1. The molecule has 0 N–H and O–H groups in total. The monoisotopic (exact) mass is 334 g/mol. The predicted octanol–water partition coefficient (Wildman–Crippen LogP) is 3.61. The number of ether oxygens (including phenoxy) is 1. The highest BCUT2D eigenvalue weighted by atomic mass is 127. The number of rotatable bonds is 3. The van der Waals surface area contributed by atoms with Crippen LogP contribution >= 0.6 is 22.6 Å². The van der Waals surface area contributed by atoms with Gasteiger partial charge in [0.1, 0.15) is 11.9 Å². The minimum absolute atomic E-state index is 0.332. The maximum Gasteiger partial charge on any atom is 0.333 e. The summed E-state index contributed by atoms with van der Waals surface area (Å²) in [5.41, 5.74) is 0.994. The van der Waals surface area contributed by atoms with Gasteiger partial charge in [0.05, 0.1) is 0 Å². The molecule has 0 aromatic heterocycles. The Morgan fingerprint density at radius 2 is 2.19 bits per heavy atom. The Bertz CT molecular complexity index is 429. The van der Waals surface area contributed by atoms with Crippen LogP contribution in [-0.4, -0.2) is 5.97 Å². The van der Waals surface area contributed by atoms with E-state index in [0.717, 1.165) is 3.57 Å². The zero-order valence-electron chi connectivity index (χ0n) is 9.09. The van der Waals surface area contributed by atoms with Gasteiger partial charge in [0.15, 0.2) is 0 Å². The molecule has 0 spiro atoms. The van der Waals surface area contributed by atoms with E-state index in [1.54, 1.807) is 19.9 Å². The summed E-state index contributed by atoms with van der Waals surface area (Å²) < 4.78 is 19.0. The van der Waals surface area contributed by atoms with Crippen molar-refractivity contribution in [2.45, 2.75) is 20.0 Å². The van der Waals surface area contributed by atoms with Crippen LogP contribution < -0.4 is 0 Å². The molecule has 1 rings (SSSR count). The van der Waals surface area contributed by atoms with Gasteiger partial charge in [-0.3, -0.25) is 0 Å². The fraction of sp³-hybridized carbons (Fsp3) is 0.250. The van der Waals surface area contributed by atoms with Crippen LogP contribution in [0.15, 0.2) is 30.4 Å². The van der Waals surface area contributed by atoms with Crippen molar-refractivity contribution in [3.05, 3.63) is 45.3 Å². The second kappa shape index (κ2) is 5.43. The standard InChI is InChI=1S/C12H12FIO2/c1-7(2)12(15)16-8(3)10-6-9(13)4-5-11(10)14/h4-6,8H,1H2,2-3H3. The molecule has 0 heterocycles. The maximum atomic E-state index is 13.0. The summed E-state index contributed by atoms with van der Waals surface area (Å²) in [5.74, 6) is -0.804. The predicted molar refractivity (Wildman–Crippen MR) is 68.4 cm³/mol. The number of carbonyl (C=O) groups excluding carboxylic acids is 1. The van der Waals surface area contributed by atoms with Crippen LogP contribution in [-0.2, 0) is 9.53 Å². The number of esters is 1. The lowest BCUT2D eigenvalue weighted by Crippen LogP contribution is -2.10. The van der Waals surface area contributed by atoms with E-state index in [4.69, 9.17) is 4.74 Å². The minimum atomic E-state index is -0.480. The summed E-state index contributed by atoms with van der Waals surface area (Å²) in [6.45, 7) is 6.77. The Morgan fingerprint density at radius 1 is 1.56 bits per heavy atom. The smallest absolute Gasteiger partial charge is 0.333 e. The summed E-state index contributed by atoms with van der Waals surface area (Å²) in [5, 5.41) is 0. The fourth-order valence-electron chi connectivity index (χ4n) is 1.15. The number of benzene rings is 1. The molecule has 0 aliphatic heterocycles. The van der Waals surface area contributed by atoms with Crippen LogP contribution in [0.2, 0.25) is 0 Å². The molecule has 0 saturated heterocycles. The van der Waals surface area contributed by atoms with Gasteiger partial charge >= 0.3 is 5.97 Å². The van der Waals surface area contributed by atoms with Crippen molar-refractivity contribution in [3.63, 3.8) is 0 Å². The van der Waals surface area contributed by atoms with Gasteiger partial charge in [-0.2, -0.15) is 0 Å². The molecule has 4 heteroatoms. The first-order chi connectivity index (χ1) is 7.41. The van der Waals surface area contributed by atoms with Gasteiger partial charge in [-0.05, 0) is 54.6 Å². The average molecular weight is 334 g/mol. The SMILES string of the molecule is C=C(C)C(=O)OC(C)c1cc(F)ccc1I. The van der Waals surface area contributed by atoms with Crippen LogP contribution in [0, 0.1) is 9.39 Å². The van der Waals surface area contributed by atoms with Crippen LogP contribution in [0.3, 0.4) is 0 Å². The van der Waals surface area contributed by atoms with E-state index in [2.05, 4.69) is 29.2 Å². The molecule has 0 radical (unpaired) electrons. The number of halogens is 2. The molecule has 1 aromatic rings. The first-order valence-corrected chi connectivity index (χ1v) is 5.81. The molecule has 0 aliphatic rings. The van der Waals surface area contributed by atoms with Crippen LogP contribution in [0.25, 0.3) is 0 Å². The summed E-state index contributed by atoms with van der Waals surface area (Å²) in [6.07, 6.45) is -0.480. The molecule has 86 valence electrons. The highest BCUT2D eigenvalue weighted by Gasteiger charge is 2.15. The van der Waals surface area contributed by atoms with Gasteiger partial charge in [0, 0.05) is 14.7 Å². The van der Waals surface area contributed by atoms with Gasteiger partial charge in [-0.1, -0.05) is 6.58 Å².